The fourth-order valence-corrected chi connectivity index (χ4v) is 2.78. The van der Waals surface area contributed by atoms with Crippen LogP contribution in [-0.4, -0.2) is 22.9 Å². The molecule has 5 nitrogen and oxygen atoms in total. The Morgan fingerprint density at radius 2 is 1.96 bits per heavy atom. The number of hydrogen-bond donors (Lipinski definition) is 1. The van der Waals surface area contributed by atoms with Crippen molar-refractivity contribution in [2.24, 2.45) is 0 Å². The maximum atomic E-state index is 12.8. The quantitative estimate of drug-likeness (QED) is 0.739. The number of benzene rings is 1. The molecule has 0 saturated carbocycles. The van der Waals surface area contributed by atoms with Crippen LogP contribution in [-0.2, 0) is 6.54 Å². The van der Waals surface area contributed by atoms with Gasteiger partial charge in [0.25, 0.3) is 5.56 Å². The van der Waals surface area contributed by atoms with Crippen molar-refractivity contribution in [1.29, 1.82) is 0 Å². The van der Waals surface area contributed by atoms with Crippen LogP contribution in [0.1, 0.15) is 46.5 Å². The lowest BCUT2D eigenvalue weighted by molar-refractivity contribution is 0.227. The number of unbranched alkanes of at least 4 members (excludes halogenated alkanes) is 3. The SMILES string of the molecule is CCCCCCn1c(=O)c(OC(C)C)c(O)c2ccc(OC)cc21. The third kappa shape index (κ3) is 3.83. The first-order valence-corrected chi connectivity index (χ1v) is 8.59. The third-order valence-electron chi connectivity index (χ3n) is 3.99. The Kier molecular flexibility index (Phi) is 6.12. The predicted molar refractivity (Wildman–Crippen MR) is 96.3 cm³/mol. The zero-order chi connectivity index (χ0) is 17.7. The smallest absolute Gasteiger partial charge is 0.297 e. The van der Waals surface area contributed by atoms with Gasteiger partial charge in [-0.1, -0.05) is 26.2 Å². The first kappa shape index (κ1) is 18.2. The molecular weight excluding hydrogens is 306 g/mol. The van der Waals surface area contributed by atoms with Gasteiger partial charge in [0.05, 0.1) is 18.7 Å². The lowest BCUT2D eigenvalue weighted by Gasteiger charge is -2.17. The number of pyridine rings is 1. The molecular formula is C19H27NO4. The minimum atomic E-state index is -0.293. The van der Waals surface area contributed by atoms with E-state index >= 15 is 0 Å². The van der Waals surface area contributed by atoms with Crippen molar-refractivity contribution in [3.05, 3.63) is 28.6 Å². The molecule has 0 fully saturated rings. The van der Waals surface area contributed by atoms with Crippen molar-refractivity contribution in [1.82, 2.24) is 4.57 Å². The first-order chi connectivity index (χ1) is 11.5. The molecule has 1 aromatic heterocycles. The summed E-state index contributed by atoms with van der Waals surface area (Å²) in [6, 6.07) is 5.32. The lowest BCUT2D eigenvalue weighted by atomic mass is 10.1. The number of aromatic hydroxyl groups is 1. The Bertz CT molecular complexity index is 749. The summed E-state index contributed by atoms with van der Waals surface area (Å²) in [5, 5.41) is 11.1. The number of fused-ring (bicyclic) bond motifs is 1. The van der Waals surface area contributed by atoms with E-state index in [2.05, 4.69) is 6.92 Å². The van der Waals surface area contributed by atoms with Crippen LogP contribution in [0.5, 0.6) is 17.2 Å². The molecule has 0 atom stereocenters. The van der Waals surface area contributed by atoms with E-state index in [1.54, 1.807) is 29.9 Å². The van der Waals surface area contributed by atoms with Crippen molar-refractivity contribution in [3.8, 4) is 17.2 Å². The van der Waals surface area contributed by atoms with Crippen molar-refractivity contribution in [3.63, 3.8) is 0 Å². The Labute approximate surface area is 142 Å². The average molecular weight is 333 g/mol. The molecule has 0 unspecified atom stereocenters. The van der Waals surface area contributed by atoms with Crippen LogP contribution in [0.15, 0.2) is 23.0 Å². The van der Waals surface area contributed by atoms with Crippen LogP contribution >= 0.6 is 0 Å². The van der Waals surface area contributed by atoms with Gasteiger partial charge in [0, 0.05) is 18.0 Å². The topological polar surface area (TPSA) is 60.7 Å². The molecule has 0 amide bonds. The highest BCUT2D eigenvalue weighted by Gasteiger charge is 2.19. The standard InChI is InChI=1S/C19H27NO4/c1-5-6-7-8-11-20-16-12-14(23-4)9-10-15(16)17(21)18(19(20)22)24-13(2)3/h9-10,12-13,21H,5-8,11H2,1-4H3. The highest BCUT2D eigenvalue weighted by Crippen LogP contribution is 2.34. The number of aryl methyl sites for hydroxylation is 1. The van der Waals surface area contributed by atoms with Gasteiger partial charge in [-0.15, -0.1) is 0 Å². The largest absolute Gasteiger partial charge is 0.504 e. The fourth-order valence-electron chi connectivity index (χ4n) is 2.78. The van der Waals surface area contributed by atoms with Crippen molar-refractivity contribution in [2.75, 3.05) is 7.11 Å². The highest BCUT2D eigenvalue weighted by molar-refractivity contribution is 5.88. The van der Waals surface area contributed by atoms with Gasteiger partial charge < -0.3 is 19.1 Å². The molecule has 1 aromatic carbocycles. The predicted octanol–water partition coefficient (Wildman–Crippen LogP) is 4.08. The molecule has 1 N–H and O–H groups in total. The molecule has 0 aliphatic rings. The Hall–Kier alpha value is -2.17. The minimum absolute atomic E-state index is 0.0261. The second-order valence-electron chi connectivity index (χ2n) is 6.24. The van der Waals surface area contributed by atoms with E-state index in [0.717, 1.165) is 25.7 Å². The maximum Gasteiger partial charge on any atom is 0.297 e. The monoisotopic (exact) mass is 333 g/mol. The summed E-state index contributed by atoms with van der Waals surface area (Å²) in [7, 11) is 1.58. The summed E-state index contributed by atoms with van der Waals surface area (Å²) >= 11 is 0. The molecule has 0 bridgehead atoms. The molecule has 0 saturated heterocycles. The second kappa shape index (κ2) is 8.08. The fraction of sp³-hybridized carbons (Fsp3) is 0.526. The summed E-state index contributed by atoms with van der Waals surface area (Å²) in [5.74, 6) is 0.579. The molecule has 0 radical (unpaired) electrons. The molecule has 2 rings (SSSR count). The zero-order valence-electron chi connectivity index (χ0n) is 15.0. The van der Waals surface area contributed by atoms with Gasteiger partial charge in [-0.05, 0) is 32.4 Å². The first-order valence-electron chi connectivity index (χ1n) is 8.59. The molecule has 1 heterocycles. The number of methoxy groups -OCH3 is 1. The van der Waals surface area contributed by atoms with Crippen LogP contribution in [0, 0.1) is 0 Å². The molecule has 0 aliphatic carbocycles. The number of rotatable bonds is 8. The van der Waals surface area contributed by atoms with E-state index in [0.29, 0.717) is 23.2 Å². The highest BCUT2D eigenvalue weighted by atomic mass is 16.5. The Morgan fingerprint density at radius 3 is 2.58 bits per heavy atom. The van der Waals surface area contributed by atoms with E-state index in [1.165, 1.54) is 0 Å². The van der Waals surface area contributed by atoms with Crippen LogP contribution in [0.4, 0.5) is 0 Å². The van der Waals surface area contributed by atoms with Crippen molar-refractivity contribution in [2.45, 2.75) is 59.1 Å². The molecule has 5 heteroatoms. The van der Waals surface area contributed by atoms with Crippen molar-refractivity contribution >= 4 is 10.9 Å². The van der Waals surface area contributed by atoms with Crippen LogP contribution in [0.2, 0.25) is 0 Å². The van der Waals surface area contributed by atoms with Gasteiger partial charge in [0.15, 0.2) is 5.75 Å². The zero-order valence-corrected chi connectivity index (χ0v) is 15.0. The van der Waals surface area contributed by atoms with E-state index in [-0.39, 0.29) is 23.2 Å². The number of ether oxygens (including phenoxy) is 2. The number of hydrogen-bond acceptors (Lipinski definition) is 4. The third-order valence-corrected chi connectivity index (χ3v) is 3.99. The van der Waals surface area contributed by atoms with E-state index < -0.39 is 0 Å². The molecule has 2 aromatic rings. The molecule has 24 heavy (non-hydrogen) atoms. The number of aromatic nitrogens is 1. The molecule has 0 spiro atoms. The van der Waals surface area contributed by atoms with E-state index in [1.807, 2.05) is 13.8 Å². The summed E-state index contributed by atoms with van der Waals surface area (Å²) in [5.41, 5.74) is 0.378. The van der Waals surface area contributed by atoms with Gasteiger partial charge >= 0.3 is 0 Å². The maximum absolute atomic E-state index is 12.8. The van der Waals surface area contributed by atoms with Crippen LogP contribution in [0.3, 0.4) is 0 Å². The minimum Gasteiger partial charge on any atom is -0.504 e. The van der Waals surface area contributed by atoms with Gasteiger partial charge in [0.2, 0.25) is 5.75 Å². The van der Waals surface area contributed by atoms with Crippen LogP contribution < -0.4 is 15.0 Å². The number of nitrogens with zero attached hydrogens (tertiary/aromatic N) is 1. The van der Waals surface area contributed by atoms with Gasteiger partial charge in [-0.2, -0.15) is 0 Å². The summed E-state index contributed by atoms with van der Waals surface area (Å²) in [6.07, 6.45) is 4.07. The lowest BCUT2D eigenvalue weighted by Crippen LogP contribution is -2.24. The van der Waals surface area contributed by atoms with E-state index in [9.17, 15) is 9.90 Å². The van der Waals surface area contributed by atoms with Crippen LogP contribution in [0.25, 0.3) is 10.9 Å². The normalized spacial score (nSPS) is 11.2. The Balaban J connectivity index is 2.58. The van der Waals surface area contributed by atoms with Gasteiger partial charge in [-0.25, -0.2) is 0 Å². The summed E-state index contributed by atoms with van der Waals surface area (Å²) in [4.78, 5) is 12.8. The van der Waals surface area contributed by atoms with Gasteiger partial charge in [0.1, 0.15) is 5.75 Å². The van der Waals surface area contributed by atoms with Gasteiger partial charge in [-0.3, -0.25) is 4.79 Å². The summed E-state index contributed by atoms with van der Waals surface area (Å²) < 4.78 is 12.5. The van der Waals surface area contributed by atoms with E-state index in [4.69, 9.17) is 9.47 Å². The van der Waals surface area contributed by atoms with Crippen molar-refractivity contribution < 1.29 is 14.6 Å². The molecule has 0 aliphatic heterocycles. The molecule has 132 valence electrons. The Morgan fingerprint density at radius 1 is 1.21 bits per heavy atom. The second-order valence-corrected chi connectivity index (χ2v) is 6.24. The average Bonchev–Trinajstić information content (AvgIpc) is 2.57. The summed E-state index contributed by atoms with van der Waals surface area (Å²) in [6.45, 7) is 6.42.